The van der Waals surface area contributed by atoms with E-state index in [4.69, 9.17) is 0 Å². The van der Waals surface area contributed by atoms with E-state index in [9.17, 15) is 8.42 Å². The van der Waals surface area contributed by atoms with Gasteiger partial charge in [0, 0.05) is 6.20 Å². The molecule has 1 N–H and O–H groups in total. The molecular weight excluding hydrogens is 284 g/mol. The summed E-state index contributed by atoms with van der Waals surface area (Å²) in [7, 11) is -3.65. The van der Waals surface area contributed by atoms with Crippen LogP contribution in [0.2, 0.25) is 0 Å². The summed E-state index contributed by atoms with van der Waals surface area (Å²) >= 11 is 0. The van der Waals surface area contributed by atoms with Crippen molar-refractivity contribution in [1.29, 1.82) is 0 Å². The Bertz CT molecular complexity index is 753. The Kier molecular flexibility index (Phi) is 4.05. The first-order valence-corrected chi connectivity index (χ1v) is 8.23. The van der Waals surface area contributed by atoms with Crippen molar-refractivity contribution < 1.29 is 8.42 Å². The van der Waals surface area contributed by atoms with E-state index in [0.717, 1.165) is 27.8 Å². The van der Waals surface area contributed by atoms with Crippen molar-refractivity contribution in [3.8, 4) is 0 Å². The highest BCUT2D eigenvalue weighted by atomic mass is 32.2. The molecule has 2 rings (SSSR count). The van der Waals surface area contributed by atoms with Crippen molar-refractivity contribution in [1.82, 2.24) is 4.98 Å². The van der Waals surface area contributed by atoms with E-state index in [2.05, 4.69) is 9.71 Å². The minimum Gasteiger partial charge on any atom is -0.263 e. The van der Waals surface area contributed by atoms with Crippen molar-refractivity contribution in [2.24, 2.45) is 0 Å². The smallest absolute Gasteiger partial charge is 0.263 e. The second kappa shape index (κ2) is 5.48. The first-order valence-electron chi connectivity index (χ1n) is 6.75. The van der Waals surface area contributed by atoms with Gasteiger partial charge in [-0.3, -0.25) is 4.72 Å². The van der Waals surface area contributed by atoms with Gasteiger partial charge in [-0.2, -0.15) is 0 Å². The van der Waals surface area contributed by atoms with Gasteiger partial charge in [0.15, 0.2) is 0 Å². The number of hydrogen-bond acceptors (Lipinski definition) is 3. The molecule has 4 nitrogen and oxygen atoms in total. The highest BCUT2D eigenvalue weighted by molar-refractivity contribution is 7.92. The molecule has 1 aromatic heterocycles. The molecule has 0 radical (unpaired) electrons. The van der Waals surface area contributed by atoms with Crippen molar-refractivity contribution in [3.63, 3.8) is 0 Å². The fraction of sp³-hybridized carbons (Fsp3) is 0.312. The summed E-state index contributed by atoms with van der Waals surface area (Å²) in [6.45, 7) is 9.41. The third kappa shape index (κ3) is 3.08. The maximum atomic E-state index is 12.7. The first kappa shape index (κ1) is 15.5. The van der Waals surface area contributed by atoms with Gasteiger partial charge >= 0.3 is 0 Å². The number of anilines is 1. The van der Waals surface area contributed by atoms with Crippen molar-refractivity contribution in [2.75, 3.05) is 4.72 Å². The van der Waals surface area contributed by atoms with Gasteiger partial charge in [-0.05, 0) is 68.5 Å². The Morgan fingerprint density at radius 1 is 0.952 bits per heavy atom. The third-order valence-corrected chi connectivity index (χ3v) is 5.34. The number of hydrogen-bond donors (Lipinski definition) is 1. The largest absolute Gasteiger partial charge is 0.263 e. The Morgan fingerprint density at radius 3 is 2.00 bits per heavy atom. The van der Waals surface area contributed by atoms with Crippen LogP contribution in [-0.4, -0.2) is 13.4 Å². The molecule has 0 fully saturated rings. The van der Waals surface area contributed by atoms with E-state index in [-0.39, 0.29) is 0 Å². The molecule has 0 spiro atoms. The summed E-state index contributed by atoms with van der Waals surface area (Å²) in [5.41, 5.74) is 4.47. The lowest BCUT2D eigenvalue weighted by molar-refractivity contribution is 0.599. The molecular formula is C16H20N2O2S. The predicted molar refractivity (Wildman–Crippen MR) is 85.2 cm³/mol. The minimum absolute atomic E-state index is 0.332. The van der Waals surface area contributed by atoms with E-state index in [1.54, 1.807) is 12.3 Å². The van der Waals surface area contributed by atoms with E-state index in [0.29, 0.717) is 10.7 Å². The average molecular weight is 304 g/mol. The normalized spacial score (nSPS) is 11.5. The van der Waals surface area contributed by atoms with Gasteiger partial charge in [-0.15, -0.1) is 0 Å². The maximum absolute atomic E-state index is 12.7. The number of sulfonamides is 1. The van der Waals surface area contributed by atoms with E-state index in [1.807, 2.05) is 46.8 Å². The van der Waals surface area contributed by atoms with Crippen molar-refractivity contribution >= 4 is 15.8 Å². The molecule has 0 atom stereocenters. The molecule has 0 unspecified atom stereocenters. The Labute approximate surface area is 126 Å². The van der Waals surface area contributed by atoms with E-state index in [1.165, 1.54) is 0 Å². The maximum Gasteiger partial charge on any atom is 0.263 e. The number of pyridine rings is 1. The van der Waals surface area contributed by atoms with Crippen LogP contribution < -0.4 is 4.72 Å². The summed E-state index contributed by atoms with van der Waals surface area (Å²) in [6, 6.07) is 5.50. The Hall–Kier alpha value is -1.88. The van der Waals surface area contributed by atoms with Crippen LogP contribution in [0.3, 0.4) is 0 Å². The summed E-state index contributed by atoms with van der Waals surface area (Å²) < 4.78 is 27.9. The van der Waals surface area contributed by atoms with Gasteiger partial charge in [0.25, 0.3) is 10.0 Å². The molecule has 0 aliphatic rings. The highest BCUT2D eigenvalue weighted by Gasteiger charge is 2.22. The predicted octanol–water partition coefficient (Wildman–Crippen LogP) is 3.42. The minimum atomic E-state index is -3.65. The summed E-state index contributed by atoms with van der Waals surface area (Å²) in [4.78, 5) is 4.45. The fourth-order valence-electron chi connectivity index (χ4n) is 2.30. The molecule has 1 heterocycles. The van der Waals surface area contributed by atoms with E-state index >= 15 is 0 Å². The van der Waals surface area contributed by atoms with E-state index < -0.39 is 10.0 Å². The molecule has 0 aliphatic carbocycles. The van der Waals surface area contributed by atoms with Gasteiger partial charge < -0.3 is 0 Å². The van der Waals surface area contributed by atoms with Crippen molar-refractivity contribution in [3.05, 3.63) is 52.2 Å². The van der Waals surface area contributed by atoms with Gasteiger partial charge in [0.2, 0.25) is 0 Å². The molecule has 21 heavy (non-hydrogen) atoms. The Balaban J connectivity index is 2.52. The van der Waals surface area contributed by atoms with Crippen LogP contribution in [0.25, 0.3) is 0 Å². The fourth-order valence-corrected chi connectivity index (χ4v) is 3.93. The summed E-state index contributed by atoms with van der Waals surface area (Å²) in [5, 5.41) is 0. The number of benzene rings is 1. The Morgan fingerprint density at radius 2 is 1.52 bits per heavy atom. The van der Waals surface area contributed by atoms with Crippen LogP contribution in [0.5, 0.6) is 0 Å². The van der Waals surface area contributed by atoms with Crippen LogP contribution in [0.15, 0.2) is 29.3 Å². The topological polar surface area (TPSA) is 59.1 Å². The van der Waals surface area contributed by atoms with Crippen LogP contribution in [0, 0.1) is 34.6 Å². The monoisotopic (exact) mass is 304 g/mol. The number of aryl methyl sites for hydroxylation is 3. The molecule has 2 aromatic rings. The summed E-state index contributed by atoms with van der Waals surface area (Å²) in [6.07, 6.45) is 1.64. The molecule has 1 aromatic carbocycles. The number of rotatable bonds is 3. The lowest BCUT2D eigenvalue weighted by Gasteiger charge is -2.16. The van der Waals surface area contributed by atoms with Crippen LogP contribution in [0.1, 0.15) is 27.8 Å². The molecule has 0 saturated heterocycles. The molecule has 112 valence electrons. The van der Waals surface area contributed by atoms with Gasteiger partial charge in [-0.1, -0.05) is 12.1 Å². The van der Waals surface area contributed by atoms with Crippen molar-refractivity contribution in [2.45, 2.75) is 39.5 Å². The van der Waals surface area contributed by atoms with Gasteiger partial charge in [-0.25, -0.2) is 13.4 Å². The summed E-state index contributed by atoms with van der Waals surface area (Å²) in [5.74, 6) is 0.332. The highest BCUT2D eigenvalue weighted by Crippen LogP contribution is 2.27. The average Bonchev–Trinajstić information content (AvgIpc) is 2.39. The zero-order valence-corrected chi connectivity index (χ0v) is 13.8. The zero-order valence-electron chi connectivity index (χ0n) is 13.0. The molecule has 5 heteroatoms. The first-order chi connectivity index (χ1) is 9.72. The number of nitrogens with zero attached hydrogens (tertiary/aromatic N) is 1. The third-order valence-electron chi connectivity index (χ3n) is 3.72. The van der Waals surface area contributed by atoms with Gasteiger partial charge in [0.05, 0.1) is 4.90 Å². The molecule has 0 aliphatic heterocycles. The second-order valence-corrected chi connectivity index (χ2v) is 7.04. The zero-order chi connectivity index (χ0) is 15.8. The van der Waals surface area contributed by atoms with Crippen LogP contribution in [-0.2, 0) is 10.0 Å². The molecule has 0 saturated carbocycles. The number of nitrogens with one attached hydrogen (secondary N) is 1. The number of aromatic nitrogens is 1. The van der Waals surface area contributed by atoms with Crippen LogP contribution in [0.4, 0.5) is 5.82 Å². The van der Waals surface area contributed by atoms with Crippen LogP contribution >= 0.6 is 0 Å². The standard InChI is InChI=1S/C16H20N2O2S/c1-10-6-7-15(17-9-10)18-21(19,20)16-13(4)11(2)8-12(3)14(16)5/h6-9H,1-5H3,(H,17,18). The second-order valence-electron chi connectivity index (χ2n) is 5.42. The quantitative estimate of drug-likeness (QED) is 0.945. The lowest BCUT2D eigenvalue weighted by atomic mass is 10.0. The molecule has 0 bridgehead atoms. The lowest BCUT2D eigenvalue weighted by Crippen LogP contribution is -2.17. The van der Waals surface area contributed by atoms with Gasteiger partial charge in [0.1, 0.15) is 5.82 Å². The molecule has 0 amide bonds. The SMILES string of the molecule is Cc1ccc(NS(=O)(=O)c2c(C)c(C)cc(C)c2C)nc1.